The lowest BCUT2D eigenvalue weighted by Gasteiger charge is -2.02. The maximum atomic E-state index is 12.7. The van der Waals surface area contributed by atoms with Crippen LogP contribution in [-0.2, 0) is 0 Å². The molecule has 2 nitrogen and oxygen atoms in total. The van der Waals surface area contributed by atoms with Crippen molar-refractivity contribution in [2.24, 2.45) is 0 Å². The van der Waals surface area contributed by atoms with Crippen LogP contribution in [0.4, 0.5) is 13.2 Å². The lowest BCUT2D eigenvalue weighted by molar-refractivity contribution is 0.150. The Kier molecular flexibility index (Phi) is 3.08. The van der Waals surface area contributed by atoms with Crippen molar-refractivity contribution in [2.45, 2.75) is 6.43 Å². The number of alkyl halides is 2. The van der Waals surface area contributed by atoms with Crippen LogP contribution in [0.25, 0.3) is 0 Å². The van der Waals surface area contributed by atoms with Gasteiger partial charge in [-0.1, -0.05) is 0 Å². The predicted octanol–water partition coefficient (Wildman–Crippen LogP) is 2.63. The predicted molar refractivity (Wildman–Crippen MR) is 46.6 cm³/mol. The summed E-state index contributed by atoms with van der Waals surface area (Å²) in [7, 11) is 0. The van der Waals surface area contributed by atoms with Gasteiger partial charge in [-0.05, 0) is 28.7 Å². The van der Waals surface area contributed by atoms with E-state index in [4.69, 9.17) is 5.26 Å². The summed E-state index contributed by atoms with van der Waals surface area (Å²) in [6.45, 7) is 0. The molecule has 1 aromatic heterocycles. The highest BCUT2D eigenvalue weighted by Gasteiger charge is 2.17. The first-order valence-corrected chi connectivity index (χ1v) is 4.18. The normalized spacial score (nSPS) is 10.2. The first-order chi connectivity index (χ1) is 6.06. The summed E-state index contributed by atoms with van der Waals surface area (Å²) in [5.74, 6) is -0.901. The lowest BCUT2D eigenvalue weighted by Crippen LogP contribution is -1.99. The molecular formula is C7H2F3IN2. The van der Waals surface area contributed by atoms with Crippen LogP contribution >= 0.6 is 22.6 Å². The van der Waals surface area contributed by atoms with Gasteiger partial charge in [-0.25, -0.2) is 13.8 Å². The molecule has 0 atom stereocenters. The van der Waals surface area contributed by atoms with Crippen LogP contribution < -0.4 is 0 Å². The van der Waals surface area contributed by atoms with E-state index in [1.165, 1.54) is 28.7 Å². The fourth-order valence-corrected chi connectivity index (χ4v) is 1.19. The van der Waals surface area contributed by atoms with Crippen molar-refractivity contribution in [3.63, 3.8) is 0 Å². The van der Waals surface area contributed by atoms with Crippen LogP contribution in [0, 0.1) is 20.8 Å². The topological polar surface area (TPSA) is 36.7 Å². The van der Waals surface area contributed by atoms with Gasteiger partial charge in [0.1, 0.15) is 6.07 Å². The van der Waals surface area contributed by atoms with Crippen LogP contribution in [0.15, 0.2) is 6.07 Å². The van der Waals surface area contributed by atoms with Crippen LogP contribution in [0.2, 0.25) is 0 Å². The molecule has 68 valence electrons. The van der Waals surface area contributed by atoms with Crippen molar-refractivity contribution < 1.29 is 13.2 Å². The molecule has 0 N–H and O–H groups in total. The number of nitriles is 1. The SMILES string of the molecule is N#Cc1nc(F)c(I)cc1C(F)F. The molecular weight excluding hydrogens is 296 g/mol. The molecule has 0 aromatic carbocycles. The quantitative estimate of drug-likeness (QED) is 0.590. The van der Waals surface area contributed by atoms with E-state index in [9.17, 15) is 13.2 Å². The summed E-state index contributed by atoms with van der Waals surface area (Å²) in [5.41, 5.74) is -1.10. The third kappa shape index (κ3) is 2.09. The third-order valence-corrected chi connectivity index (χ3v) is 2.06. The van der Waals surface area contributed by atoms with Gasteiger partial charge >= 0.3 is 0 Å². The Morgan fingerprint density at radius 3 is 2.62 bits per heavy atom. The van der Waals surface area contributed by atoms with Crippen molar-refractivity contribution >= 4 is 22.6 Å². The number of halogens is 4. The standard InChI is InChI=1S/C7H2F3IN2/c8-6(9)3-1-4(11)7(10)13-5(3)2-12/h1,6H. The molecule has 0 spiro atoms. The molecule has 0 saturated carbocycles. The molecule has 13 heavy (non-hydrogen) atoms. The van der Waals surface area contributed by atoms with E-state index in [0.717, 1.165) is 6.07 Å². The lowest BCUT2D eigenvalue weighted by atomic mass is 10.2. The number of rotatable bonds is 1. The van der Waals surface area contributed by atoms with E-state index in [1.807, 2.05) is 0 Å². The molecule has 1 aromatic rings. The van der Waals surface area contributed by atoms with Gasteiger partial charge in [0.05, 0.1) is 9.13 Å². The average Bonchev–Trinajstić information content (AvgIpc) is 2.08. The Morgan fingerprint density at radius 1 is 1.54 bits per heavy atom. The van der Waals surface area contributed by atoms with E-state index < -0.39 is 23.6 Å². The van der Waals surface area contributed by atoms with Gasteiger partial charge in [0.15, 0.2) is 5.69 Å². The number of aromatic nitrogens is 1. The summed E-state index contributed by atoms with van der Waals surface area (Å²) in [6, 6.07) is 2.33. The first kappa shape index (κ1) is 10.2. The maximum absolute atomic E-state index is 12.7. The highest BCUT2D eigenvalue weighted by molar-refractivity contribution is 14.1. The van der Waals surface area contributed by atoms with Gasteiger partial charge < -0.3 is 0 Å². The van der Waals surface area contributed by atoms with E-state index in [1.54, 1.807) is 0 Å². The van der Waals surface area contributed by atoms with Crippen molar-refractivity contribution in [2.75, 3.05) is 0 Å². The minimum Gasteiger partial charge on any atom is -0.207 e. The Morgan fingerprint density at radius 2 is 2.15 bits per heavy atom. The Hall–Kier alpha value is -0.840. The summed E-state index contributed by atoms with van der Waals surface area (Å²) >= 11 is 1.54. The number of pyridine rings is 1. The van der Waals surface area contributed by atoms with E-state index >= 15 is 0 Å². The Bertz CT molecular complexity index is 373. The molecule has 6 heteroatoms. The van der Waals surface area contributed by atoms with Crippen molar-refractivity contribution in [1.29, 1.82) is 5.26 Å². The second-order valence-corrected chi connectivity index (χ2v) is 3.27. The minimum absolute atomic E-state index is 0.0214. The third-order valence-electron chi connectivity index (χ3n) is 1.30. The molecule has 0 aliphatic carbocycles. The van der Waals surface area contributed by atoms with E-state index in [0.29, 0.717) is 0 Å². The van der Waals surface area contributed by atoms with Crippen LogP contribution in [0.3, 0.4) is 0 Å². The van der Waals surface area contributed by atoms with E-state index in [2.05, 4.69) is 4.98 Å². The summed E-state index contributed by atoms with van der Waals surface area (Å²) < 4.78 is 37.1. The highest BCUT2D eigenvalue weighted by Crippen LogP contribution is 2.24. The summed E-state index contributed by atoms with van der Waals surface area (Å²) in [4.78, 5) is 3.10. The molecule has 0 aliphatic rings. The largest absolute Gasteiger partial charge is 0.266 e. The molecule has 0 bridgehead atoms. The number of hydrogen-bond acceptors (Lipinski definition) is 2. The molecule has 1 rings (SSSR count). The molecule has 0 aliphatic heterocycles. The van der Waals surface area contributed by atoms with E-state index in [-0.39, 0.29) is 3.57 Å². The molecule has 0 saturated heterocycles. The summed E-state index contributed by atoms with van der Waals surface area (Å²) in [5, 5.41) is 8.37. The van der Waals surface area contributed by atoms with Gasteiger partial charge in [-0.2, -0.15) is 9.65 Å². The maximum Gasteiger partial charge on any atom is 0.266 e. The fourth-order valence-electron chi connectivity index (χ4n) is 0.736. The van der Waals surface area contributed by atoms with Crippen molar-refractivity contribution in [1.82, 2.24) is 4.98 Å². The number of hydrogen-bond donors (Lipinski definition) is 0. The second-order valence-electron chi connectivity index (χ2n) is 2.11. The van der Waals surface area contributed by atoms with Crippen molar-refractivity contribution in [3.8, 4) is 6.07 Å². The average molecular weight is 298 g/mol. The van der Waals surface area contributed by atoms with Gasteiger partial charge in [0, 0.05) is 0 Å². The Labute approximate surface area is 85.5 Å². The summed E-state index contributed by atoms with van der Waals surface area (Å²) in [6.07, 6.45) is -2.81. The fraction of sp³-hybridized carbons (Fsp3) is 0.143. The zero-order valence-corrected chi connectivity index (χ0v) is 8.22. The van der Waals surface area contributed by atoms with Gasteiger partial charge in [0.2, 0.25) is 5.95 Å². The van der Waals surface area contributed by atoms with Crippen molar-refractivity contribution in [3.05, 3.63) is 26.8 Å². The zero-order chi connectivity index (χ0) is 10.0. The Balaban J connectivity index is 3.35. The highest BCUT2D eigenvalue weighted by atomic mass is 127. The molecule has 0 fully saturated rings. The first-order valence-electron chi connectivity index (χ1n) is 3.10. The smallest absolute Gasteiger partial charge is 0.207 e. The second kappa shape index (κ2) is 3.91. The molecule has 0 amide bonds. The molecule has 0 unspecified atom stereocenters. The van der Waals surface area contributed by atoms with Crippen LogP contribution in [0.5, 0.6) is 0 Å². The van der Waals surface area contributed by atoms with Gasteiger partial charge in [-0.15, -0.1) is 0 Å². The van der Waals surface area contributed by atoms with Crippen LogP contribution in [-0.4, -0.2) is 4.98 Å². The molecule has 0 radical (unpaired) electrons. The van der Waals surface area contributed by atoms with Gasteiger partial charge in [0.25, 0.3) is 6.43 Å². The minimum atomic E-state index is -2.81. The zero-order valence-electron chi connectivity index (χ0n) is 6.06. The van der Waals surface area contributed by atoms with Gasteiger partial charge in [-0.3, -0.25) is 0 Å². The number of nitrogens with zero attached hydrogens (tertiary/aromatic N) is 2. The molecule has 1 heterocycles. The monoisotopic (exact) mass is 298 g/mol. The van der Waals surface area contributed by atoms with Crippen LogP contribution in [0.1, 0.15) is 17.7 Å².